The third-order valence-corrected chi connectivity index (χ3v) is 4.63. The molecule has 1 aromatic heterocycles. The zero-order valence-corrected chi connectivity index (χ0v) is 16.2. The summed E-state index contributed by atoms with van der Waals surface area (Å²) in [6, 6.07) is 21.0. The zero-order valence-electron chi connectivity index (χ0n) is 16.2. The first-order chi connectivity index (χ1) is 13.1. The zero-order chi connectivity index (χ0) is 19.1. The molecule has 0 aliphatic carbocycles. The van der Waals surface area contributed by atoms with E-state index in [9.17, 15) is 0 Å². The van der Waals surface area contributed by atoms with Crippen molar-refractivity contribution >= 4 is 17.1 Å². The first-order valence-corrected chi connectivity index (χ1v) is 9.38. The number of anilines is 3. The number of rotatable bonds is 8. The Balaban J connectivity index is 1.95. The number of para-hydroxylation sites is 1. The molecule has 0 saturated heterocycles. The monoisotopic (exact) mass is 360 g/mol. The van der Waals surface area contributed by atoms with Crippen molar-refractivity contribution in [2.75, 3.05) is 37.8 Å². The molecule has 0 aliphatic rings. The average Bonchev–Trinajstić information content (AvgIpc) is 2.67. The summed E-state index contributed by atoms with van der Waals surface area (Å²) in [6.45, 7) is 1.91. The van der Waals surface area contributed by atoms with Gasteiger partial charge in [-0.15, -0.1) is 0 Å². The van der Waals surface area contributed by atoms with Crippen LogP contribution in [0.2, 0.25) is 0 Å². The van der Waals surface area contributed by atoms with Crippen LogP contribution in [0.3, 0.4) is 0 Å². The molecule has 0 bridgehead atoms. The van der Waals surface area contributed by atoms with E-state index < -0.39 is 0 Å². The van der Waals surface area contributed by atoms with Crippen molar-refractivity contribution in [1.29, 1.82) is 0 Å². The van der Waals surface area contributed by atoms with E-state index >= 15 is 0 Å². The van der Waals surface area contributed by atoms with Gasteiger partial charge in [-0.2, -0.15) is 0 Å². The molecule has 0 radical (unpaired) electrons. The maximum Gasteiger partial charge on any atom is 0.0830 e. The van der Waals surface area contributed by atoms with Crippen LogP contribution in [0.4, 0.5) is 17.1 Å². The minimum absolute atomic E-state index is 0.754. The fraction of sp³-hybridized carbons (Fsp3) is 0.261. The number of pyridine rings is 1. The predicted octanol–water partition coefficient (Wildman–Crippen LogP) is 4.34. The molecule has 0 fully saturated rings. The fourth-order valence-electron chi connectivity index (χ4n) is 3.28. The second-order valence-corrected chi connectivity index (χ2v) is 7.03. The van der Waals surface area contributed by atoms with Gasteiger partial charge in [-0.3, -0.25) is 4.98 Å². The third-order valence-electron chi connectivity index (χ3n) is 4.63. The van der Waals surface area contributed by atoms with E-state index in [1.165, 1.54) is 16.8 Å². The standard InChI is InChI=1S/C23H28N4/c1-26(2)15-8-16-27(23-18-25-14-13-21(23)24)22-12-7-6-11-20(22)17-19-9-4-3-5-10-19/h3-7,9-14,18H,8,15-17H2,1-2H3,(H2,24,25). The van der Waals surface area contributed by atoms with Gasteiger partial charge in [0.1, 0.15) is 0 Å². The summed E-state index contributed by atoms with van der Waals surface area (Å²) in [5.74, 6) is 0. The van der Waals surface area contributed by atoms with Crippen LogP contribution < -0.4 is 10.6 Å². The second kappa shape index (κ2) is 9.19. The molecule has 1 heterocycles. The molecule has 0 spiro atoms. The molecule has 3 aromatic rings. The highest BCUT2D eigenvalue weighted by molar-refractivity contribution is 5.75. The molecule has 0 amide bonds. The summed E-state index contributed by atoms with van der Waals surface area (Å²) in [6.07, 6.45) is 5.54. The summed E-state index contributed by atoms with van der Waals surface area (Å²) in [7, 11) is 4.21. The number of benzene rings is 2. The summed E-state index contributed by atoms with van der Waals surface area (Å²) < 4.78 is 0. The van der Waals surface area contributed by atoms with E-state index in [0.717, 1.165) is 37.3 Å². The van der Waals surface area contributed by atoms with Crippen molar-refractivity contribution < 1.29 is 0 Å². The molecule has 140 valence electrons. The van der Waals surface area contributed by atoms with Crippen LogP contribution in [0.15, 0.2) is 73.1 Å². The van der Waals surface area contributed by atoms with Gasteiger partial charge in [0, 0.05) is 18.4 Å². The van der Waals surface area contributed by atoms with Crippen molar-refractivity contribution in [3.8, 4) is 0 Å². The molecular weight excluding hydrogens is 332 g/mol. The van der Waals surface area contributed by atoms with Crippen molar-refractivity contribution in [1.82, 2.24) is 9.88 Å². The molecule has 4 heteroatoms. The lowest BCUT2D eigenvalue weighted by Gasteiger charge is -2.28. The highest BCUT2D eigenvalue weighted by Crippen LogP contribution is 2.33. The van der Waals surface area contributed by atoms with Gasteiger partial charge < -0.3 is 15.5 Å². The van der Waals surface area contributed by atoms with Gasteiger partial charge in [0.05, 0.1) is 17.6 Å². The highest BCUT2D eigenvalue weighted by Gasteiger charge is 2.16. The maximum absolute atomic E-state index is 6.30. The average molecular weight is 361 g/mol. The Kier molecular flexibility index (Phi) is 6.44. The van der Waals surface area contributed by atoms with Crippen LogP contribution >= 0.6 is 0 Å². The number of nitrogens with zero attached hydrogens (tertiary/aromatic N) is 3. The summed E-state index contributed by atoms with van der Waals surface area (Å²) in [5.41, 5.74) is 11.8. The molecule has 0 saturated carbocycles. The van der Waals surface area contributed by atoms with Gasteiger partial charge in [0.25, 0.3) is 0 Å². The number of hydrogen-bond acceptors (Lipinski definition) is 4. The summed E-state index contributed by atoms with van der Waals surface area (Å²) in [4.78, 5) is 8.84. The molecule has 2 N–H and O–H groups in total. The van der Waals surface area contributed by atoms with Crippen LogP contribution in [-0.4, -0.2) is 37.1 Å². The Labute approximate surface area is 162 Å². The van der Waals surface area contributed by atoms with Crippen molar-refractivity contribution in [3.05, 3.63) is 84.2 Å². The Bertz CT molecular complexity index is 846. The fourth-order valence-corrected chi connectivity index (χ4v) is 3.28. The smallest absolute Gasteiger partial charge is 0.0830 e. The van der Waals surface area contributed by atoms with Gasteiger partial charge in [0.2, 0.25) is 0 Å². The van der Waals surface area contributed by atoms with Crippen molar-refractivity contribution in [2.24, 2.45) is 0 Å². The van der Waals surface area contributed by atoms with Crippen LogP contribution in [0.5, 0.6) is 0 Å². The molecule has 0 aliphatic heterocycles. The Morgan fingerprint density at radius 2 is 1.59 bits per heavy atom. The lowest BCUT2D eigenvalue weighted by atomic mass is 10.0. The van der Waals surface area contributed by atoms with Crippen LogP contribution in [0.25, 0.3) is 0 Å². The Morgan fingerprint density at radius 3 is 2.33 bits per heavy atom. The van der Waals surface area contributed by atoms with Gasteiger partial charge in [-0.25, -0.2) is 0 Å². The van der Waals surface area contributed by atoms with Gasteiger partial charge in [-0.1, -0.05) is 48.5 Å². The normalized spacial score (nSPS) is 10.9. The van der Waals surface area contributed by atoms with E-state index in [0.29, 0.717) is 0 Å². The number of aromatic nitrogens is 1. The van der Waals surface area contributed by atoms with Crippen LogP contribution in [-0.2, 0) is 6.42 Å². The lowest BCUT2D eigenvalue weighted by molar-refractivity contribution is 0.402. The van der Waals surface area contributed by atoms with Crippen LogP contribution in [0.1, 0.15) is 17.5 Å². The number of nitrogens with two attached hydrogens (primary N) is 1. The van der Waals surface area contributed by atoms with E-state index in [1.54, 1.807) is 6.20 Å². The molecule has 0 unspecified atom stereocenters. The van der Waals surface area contributed by atoms with Crippen LogP contribution in [0, 0.1) is 0 Å². The third kappa shape index (κ3) is 5.08. The Morgan fingerprint density at radius 1 is 0.852 bits per heavy atom. The maximum atomic E-state index is 6.30. The number of hydrogen-bond donors (Lipinski definition) is 1. The molecule has 4 nitrogen and oxygen atoms in total. The SMILES string of the molecule is CN(C)CCCN(c1cnccc1N)c1ccccc1Cc1ccccc1. The number of nitrogen functional groups attached to an aromatic ring is 1. The van der Waals surface area contributed by atoms with E-state index in [1.807, 2.05) is 12.3 Å². The minimum Gasteiger partial charge on any atom is -0.397 e. The van der Waals surface area contributed by atoms with Crippen molar-refractivity contribution in [2.45, 2.75) is 12.8 Å². The second-order valence-electron chi connectivity index (χ2n) is 7.03. The molecular formula is C23H28N4. The minimum atomic E-state index is 0.754. The van der Waals surface area contributed by atoms with Gasteiger partial charge in [0.15, 0.2) is 0 Å². The van der Waals surface area contributed by atoms with Gasteiger partial charge >= 0.3 is 0 Å². The first-order valence-electron chi connectivity index (χ1n) is 9.38. The molecule has 0 atom stereocenters. The largest absolute Gasteiger partial charge is 0.397 e. The quantitative estimate of drug-likeness (QED) is 0.649. The molecule has 2 aromatic carbocycles. The molecule has 3 rings (SSSR count). The van der Waals surface area contributed by atoms with E-state index in [2.05, 4.69) is 83.5 Å². The lowest BCUT2D eigenvalue weighted by Crippen LogP contribution is -2.25. The van der Waals surface area contributed by atoms with Gasteiger partial charge in [-0.05, 0) is 56.7 Å². The summed E-state index contributed by atoms with van der Waals surface area (Å²) >= 11 is 0. The Hall–Kier alpha value is -2.85. The first kappa shape index (κ1) is 18.9. The topological polar surface area (TPSA) is 45.4 Å². The summed E-state index contributed by atoms with van der Waals surface area (Å²) in [5, 5.41) is 0. The molecule has 27 heavy (non-hydrogen) atoms. The van der Waals surface area contributed by atoms with E-state index in [4.69, 9.17) is 5.73 Å². The van der Waals surface area contributed by atoms with Crippen molar-refractivity contribution in [3.63, 3.8) is 0 Å². The predicted molar refractivity (Wildman–Crippen MR) is 115 cm³/mol. The van der Waals surface area contributed by atoms with E-state index in [-0.39, 0.29) is 0 Å². The highest BCUT2D eigenvalue weighted by atomic mass is 15.2.